The van der Waals surface area contributed by atoms with Gasteiger partial charge < -0.3 is 14.8 Å². The van der Waals surface area contributed by atoms with Gasteiger partial charge in [-0.3, -0.25) is 0 Å². The van der Waals surface area contributed by atoms with E-state index < -0.39 is 0 Å². The lowest BCUT2D eigenvalue weighted by molar-refractivity contribution is 0.233. The number of nitrogens with zero attached hydrogens (tertiary/aromatic N) is 4. The highest BCUT2D eigenvalue weighted by Crippen LogP contribution is 2.12. The molecule has 1 unspecified atom stereocenters. The van der Waals surface area contributed by atoms with Crippen molar-refractivity contribution in [2.45, 2.75) is 6.04 Å². The van der Waals surface area contributed by atoms with Crippen molar-refractivity contribution in [3.05, 3.63) is 12.2 Å². The van der Waals surface area contributed by atoms with Gasteiger partial charge in [-0.25, -0.2) is 0 Å². The lowest BCUT2D eigenvalue weighted by Crippen LogP contribution is -2.44. The molecule has 1 saturated heterocycles. The number of hydrogen-bond acceptors (Lipinski definition) is 4. The van der Waals surface area contributed by atoms with Crippen LogP contribution >= 0.6 is 0 Å². The Balaban J connectivity index is 2.12. The summed E-state index contributed by atoms with van der Waals surface area (Å²) in [4.78, 5) is 2.30. The second kappa shape index (κ2) is 3.43. The van der Waals surface area contributed by atoms with Crippen LogP contribution in [0.2, 0.25) is 0 Å². The fourth-order valence-electron chi connectivity index (χ4n) is 1.68. The molecule has 0 saturated carbocycles. The summed E-state index contributed by atoms with van der Waals surface area (Å²) >= 11 is 0. The first kappa shape index (κ1) is 8.65. The van der Waals surface area contributed by atoms with Gasteiger partial charge in [-0.15, -0.1) is 10.2 Å². The number of likely N-dealkylation sites (N-methyl/N-ethyl adjacent to an activating group) is 1. The molecule has 0 amide bonds. The second-order valence-corrected chi connectivity index (χ2v) is 3.57. The molecule has 1 N–H and O–H groups in total. The Labute approximate surface area is 77.8 Å². The van der Waals surface area contributed by atoms with E-state index in [0.717, 1.165) is 25.5 Å². The molecule has 2 rings (SSSR count). The number of hydrogen-bond donors (Lipinski definition) is 1. The minimum Gasteiger partial charge on any atom is -0.319 e. The average Bonchev–Trinajstić information content (AvgIpc) is 2.51. The first-order valence-electron chi connectivity index (χ1n) is 4.53. The monoisotopic (exact) mass is 181 g/mol. The molecule has 0 spiro atoms. The molecule has 0 bridgehead atoms. The summed E-state index contributed by atoms with van der Waals surface area (Å²) in [6.07, 6.45) is 1.74. The van der Waals surface area contributed by atoms with Crippen LogP contribution in [-0.2, 0) is 7.05 Å². The van der Waals surface area contributed by atoms with E-state index in [2.05, 4.69) is 27.5 Å². The summed E-state index contributed by atoms with van der Waals surface area (Å²) in [6.45, 7) is 3.13. The molecule has 1 aromatic rings. The van der Waals surface area contributed by atoms with Crippen molar-refractivity contribution in [3.8, 4) is 0 Å². The van der Waals surface area contributed by atoms with Crippen molar-refractivity contribution in [2.24, 2.45) is 7.05 Å². The van der Waals surface area contributed by atoms with Crippen LogP contribution in [0.1, 0.15) is 11.9 Å². The van der Waals surface area contributed by atoms with E-state index in [9.17, 15) is 0 Å². The normalized spacial score (nSPS) is 24.9. The van der Waals surface area contributed by atoms with Crippen molar-refractivity contribution in [2.75, 3.05) is 26.7 Å². The Morgan fingerprint density at radius 1 is 1.54 bits per heavy atom. The van der Waals surface area contributed by atoms with E-state index in [1.54, 1.807) is 6.33 Å². The van der Waals surface area contributed by atoms with Gasteiger partial charge >= 0.3 is 0 Å². The summed E-state index contributed by atoms with van der Waals surface area (Å²) < 4.78 is 1.97. The molecule has 1 atom stereocenters. The first-order valence-corrected chi connectivity index (χ1v) is 4.53. The summed E-state index contributed by atoms with van der Waals surface area (Å²) in [5.41, 5.74) is 0. The third-order valence-electron chi connectivity index (χ3n) is 2.44. The molecule has 1 fully saturated rings. The zero-order valence-electron chi connectivity index (χ0n) is 8.06. The number of aryl methyl sites for hydroxylation is 1. The molecule has 1 aliphatic rings. The number of rotatable bonds is 1. The van der Waals surface area contributed by atoms with Crippen molar-refractivity contribution in [3.63, 3.8) is 0 Å². The molecule has 0 aliphatic carbocycles. The quantitative estimate of drug-likeness (QED) is 0.628. The standard InChI is InChI=1S/C8H15N5/c1-12-4-3-9-7(5-12)8-11-10-6-13(8)2/h6-7,9H,3-5H2,1-2H3. The van der Waals surface area contributed by atoms with E-state index in [1.807, 2.05) is 11.6 Å². The van der Waals surface area contributed by atoms with Gasteiger partial charge in [0.05, 0.1) is 6.04 Å². The SMILES string of the molecule is CN1CCNC(c2nncn2C)C1. The third kappa shape index (κ3) is 1.71. The number of nitrogens with one attached hydrogen (secondary N) is 1. The van der Waals surface area contributed by atoms with Crippen molar-refractivity contribution >= 4 is 0 Å². The van der Waals surface area contributed by atoms with Crippen LogP contribution in [0, 0.1) is 0 Å². The van der Waals surface area contributed by atoms with E-state index in [4.69, 9.17) is 0 Å². The number of piperazine rings is 1. The molecular weight excluding hydrogens is 166 g/mol. The molecule has 1 aromatic heterocycles. The van der Waals surface area contributed by atoms with Crippen LogP contribution in [0.5, 0.6) is 0 Å². The summed E-state index contributed by atoms with van der Waals surface area (Å²) in [5.74, 6) is 1.02. The van der Waals surface area contributed by atoms with Gasteiger partial charge in [0.25, 0.3) is 0 Å². The van der Waals surface area contributed by atoms with Gasteiger partial charge in [0.15, 0.2) is 5.82 Å². The van der Waals surface area contributed by atoms with E-state index in [-0.39, 0.29) is 0 Å². The summed E-state index contributed by atoms with van der Waals surface area (Å²) in [7, 11) is 4.11. The van der Waals surface area contributed by atoms with Crippen LogP contribution in [0.15, 0.2) is 6.33 Å². The van der Waals surface area contributed by atoms with Crippen LogP contribution in [0.3, 0.4) is 0 Å². The lowest BCUT2D eigenvalue weighted by Gasteiger charge is -2.29. The minimum atomic E-state index is 0.325. The minimum absolute atomic E-state index is 0.325. The second-order valence-electron chi connectivity index (χ2n) is 3.57. The maximum absolute atomic E-state index is 4.10. The molecule has 2 heterocycles. The Morgan fingerprint density at radius 3 is 3.00 bits per heavy atom. The Kier molecular flexibility index (Phi) is 2.28. The summed E-state index contributed by atoms with van der Waals surface area (Å²) in [6, 6.07) is 0.325. The van der Waals surface area contributed by atoms with Gasteiger partial charge in [0.1, 0.15) is 6.33 Å². The highest BCUT2D eigenvalue weighted by molar-refractivity contribution is 4.97. The Bertz CT molecular complexity index is 282. The third-order valence-corrected chi connectivity index (χ3v) is 2.44. The summed E-state index contributed by atoms with van der Waals surface area (Å²) in [5, 5.41) is 11.4. The topological polar surface area (TPSA) is 46.0 Å². The van der Waals surface area contributed by atoms with Crippen molar-refractivity contribution in [1.82, 2.24) is 25.0 Å². The zero-order chi connectivity index (χ0) is 9.26. The predicted octanol–water partition coefficient (Wildman–Crippen LogP) is -0.609. The zero-order valence-corrected chi connectivity index (χ0v) is 8.06. The van der Waals surface area contributed by atoms with E-state index in [0.29, 0.717) is 6.04 Å². The van der Waals surface area contributed by atoms with Crippen molar-refractivity contribution in [1.29, 1.82) is 0 Å². The first-order chi connectivity index (χ1) is 6.27. The van der Waals surface area contributed by atoms with Gasteiger partial charge in [-0.05, 0) is 7.05 Å². The Hall–Kier alpha value is -0.940. The van der Waals surface area contributed by atoms with Crippen molar-refractivity contribution < 1.29 is 0 Å². The molecule has 5 nitrogen and oxygen atoms in total. The van der Waals surface area contributed by atoms with Crippen LogP contribution in [-0.4, -0.2) is 46.3 Å². The smallest absolute Gasteiger partial charge is 0.151 e. The fourth-order valence-corrected chi connectivity index (χ4v) is 1.68. The maximum atomic E-state index is 4.10. The maximum Gasteiger partial charge on any atom is 0.151 e. The molecule has 0 aromatic carbocycles. The fraction of sp³-hybridized carbons (Fsp3) is 0.750. The predicted molar refractivity (Wildman–Crippen MR) is 49.2 cm³/mol. The molecule has 5 heteroatoms. The highest BCUT2D eigenvalue weighted by atomic mass is 15.3. The highest BCUT2D eigenvalue weighted by Gasteiger charge is 2.21. The van der Waals surface area contributed by atoms with E-state index >= 15 is 0 Å². The van der Waals surface area contributed by atoms with Gasteiger partial charge in [-0.1, -0.05) is 0 Å². The van der Waals surface area contributed by atoms with Crippen LogP contribution in [0.25, 0.3) is 0 Å². The molecule has 13 heavy (non-hydrogen) atoms. The Morgan fingerprint density at radius 2 is 2.38 bits per heavy atom. The van der Waals surface area contributed by atoms with E-state index in [1.165, 1.54) is 0 Å². The van der Waals surface area contributed by atoms with Gasteiger partial charge in [0, 0.05) is 26.7 Å². The van der Waals surface area contributed by atoms with Crippen LogP contribution in [0.4, 0.5) is 0 Å². The lowest BCUT2D eigenvalue weighted by atomic mass is 10.2. The van der Waals surface area contributed by atoms with Crippen LogP contribution < -0.4 is 5.32 Å². The molecule has 1 aliphatic heterocycles. The largest absolute Gasteiger partial charge is 0.319 e. The van der Waals surface area contributed by atoms with Gasteiger partial charge in [-0.2, -0.15) is 0 Å². The average molecular weight is 181 g/mol. The number of aromatic nitrogens is 3. The molecular formula is C8H15N5. The molecule has 0 radical (unpaired) electrons. The molecule has 72 valence electrons. The van der Waals surface area contributed by atoms with Gasteiger partial charge in [0.2, 0.25) is 0 Å².